The molecule has 0 saturated carbocycles. The summed E-state index contributed by atoms with van der Waals surface area (Å²) >= 11 is -0.113. The quantitative estimate of drug-likeness (QED) is 0.720. The molecule has 0 heterocycles. The van der Waals surface area contributed by atoms with Crippen molar-refractivity contribution in [2.45, 2.75) is 25.4 Å². The molecule has 0 fully saturated rings. The molecular weight excluding hydrogens is 263 g/mol. The van der Waals surface area contributed by atoms with E-state index in [0.29, 0.717) is 0 Å². The summed E-state index contributed by atoms with van der Waals surface area (Å²) in [6, 6.07) is -0.321. The Morgan fingerprint density at radius 3 is 2.38 bits per heavy atom. The van der Waals surface area contributed by atoms with E-state index in [0.717, 1.165) is 0 Å². The van der Waals surface area contributed by atoms with Gasteiger partial charge in [0.2, 0.25) is 0 Å². The van der Waals surface area contributed by atoms with Crippen molar-refractivity contribution < 1.29 is 21.6 Å². The van der Waals surface area contributed by atoms with Crippen LogP contribution in [0.15, 0.2) is 0 Å². The molecule has 8 heteroatoms. The normalized spacial score (nSPS) is 15.1. The maximum atomic E-state index is 11.7. The van der Waals surface area contributed by atoms with E-state index in [1.54, 1.807) is 13.8 Å². The summed E-state index contributed by atoms with van der Waals surface area (Å²) in [6.07, 6.45) is 0. The van der Waals surface area contributed by atoms with Crippen LogP contribution >= 0.6 is 11.8 Å². The SMILES string of the molecule is CCS(=O)(=O)CC(C)NCCSC(F)(F)F. The Morgan fingerprint density at radius 2 is 1.94 bits per heavy atom. The van der Waals surface area contributed by atoms with Crippen molar-refractivity contribution in [3.05, 3.63) is 0 Å². The second-order valence-electron chi connectivity index (χ2n) is 3.35. The van der Waals surface area contributed by atoms with Crippen molar-refractivity contribution in [3.63, 3.8) is 0 Å². The van der Waals surface area contributed by atoms with Crippen LogP contribution in [0.25, 0.3) is 0 Å². The van der Waals surface area contributed by atoms with Crippen LogP contribution in [0.1, 0.15) is 13.8 Å². The molecule has 1 atom stereocenters. The third kappa shape index (κ3) is 9.29. The Labute approximate surface area is 98.1 Å². The van der Waals surface area contributed by atoms with Crippen LogP contribution < -0.4 is 5.32 Å². The molecule has 0 aliphatic heterocycles. The second-order valence-corrected chi connectivity index (χ2v) is 6.91. The summed E-state index contributed by atoms with van der Waals surface area (Å²) in [6.45, 7) is 3.33. The van der Waals surface area contributed by atoms with Gasteiger partial charge in [0.05, 0.1) is 5.75 Å². The van der Waals surface area contributed by atoms with Crippen LogP contribution in [0.4, 0.5) is 13.2 Å². The van der Waals surface area contributed by atoms with Gasteiger partial charge < -0.3 is 5.32 Å². The Morgan fingerprint density at radius 1 is 1.38 bits per heavy atom. The third-order valence-electron chi connectivity index (χ3n) is 1.80. The molecule has 16 heavy (non-hydrogen) atoms. The van der Waals surface area contributed by atoms with Crippen LogP contribution in [-0.2, 0) is 9.84 Å². The number of hydrogen-bond donors (Lipinski definition) is 1. The molecule has 0 saturated heterocycles. The number of sulfone groups is 1. The zero-order valence-electron chi connectivity index (χ0n) is 9.17. The van der Waals surface area contributed by atoms with E-state index >= 15 is 0 Å². The van der Waals surface area contributed by atoms with E-state index in [2.05, 4.69) is 5.32 Å². The van der Waals surface area contributed by atoms with Crippen molar-refractivity contribution >= 4 is 21.6 Å². The lowest BCUT2D eigenvalue weighted by Crippen LogP contribution is -2.35. The number of thioether (sulfide) groups is 1. The molecule has 1 unspecified atom stereocenters. The zero-order valence-corrected chi connectivity index (χ0v) is 10.8. The molecule has 98 valence electrons. The highest BCUT2D eigenvalue weighted by atomic mass is 32.2. The van der Waals surface area contributed by atoms with E-state index in [1.165, 1.54) is 0 Å². The Bertz CT molecular complexity index is 290. The van der Waals surface area contributed by atoms with Crippen LogP contribution in [0.2, 0.25) is 0 Å². The van der Waals surface area contributed by atoms with Gasteiger partial charge in [-0.15, -0.1) is 0 Å². The van der Waals surface area contributed by atoms with Gasteiger partial charge in [0, 0.05) is 24.1 Å². The van der Waals surface area contributed by atoms with Gasteiger partial charge in [0.25, 0.3) is 0 Å². The number of alkyl halides is 3. The summed E-state index contributed by atoms with van der Waals surface area (Å²) in [5, 5.41) is 2.75. The summed E-state index contributed by atoms with van der Waals surface area (Å²) in [7, 11) is -3.08. The van der Waals surface area contributed by atoms with Crippen molar-refractivity contribution in [1.82, 2.24) is 5.32 Å². The summed E-state index contributed by atoms with van der Waals surface area (Å²) in [5.74, 6) is -0.101. The molecule has 0 aromatic carbocycles. The van der Waals surface area contributed by atoms with Crippen molar-refractivity contribution in [1.29, 1.82) is 0 Å². The molecule has 0 amide bonds. The minimum atomic E-state index is -4.22. The first kappa shape index (κ1) is 16.1. The minimum absolute atomic E-state index is 0.0415. The fourth-order valence-electron chi connectivity index (χ4n) is 1.03. The predicted octanol–water partition coefficient (Wildman–Crippen LogP) is 1.65. The van der Waals surface area contributed by atoms with Gasteiger partial charge in [-0.1, -0.05) is 6.92 Å². The average Bonchev–Trinajstić information content (AvgIpc) is 2.10. The smallest absolute Gasteiger partial charge is 0.312 e. The van der Waals surface area contributed by atoms with Gasteiger partial charge in [-0.3, -0.25) is 0 Å². The van der Waals surface area contributed by atoms with Gasteiger partial charge in [-0.25, -0.2) is 8.42 Å². The van der Waals surface area contributed by atoms with Gasteiger partial charge in [-0.2, -0.15) is 13.2 Å². The third-order valence-corrected chi connectivity index (χ3v) is 4.43. The minimum Gasteiger partial charge on any atom is -0.312 e. The van der Waals surface area contributed by atoms with Gasteiger partial charge >= 0.3 is 5.51 Å². The lowest BCUT2D eigenvalue weighted by molar-refractivity contribution is -0.0327. The molecular formula is C8H16F3NO2S2. The maximum Gasteiger partial charge on any atom is 0.441 e. The van der Waals surface area contributed by atoms with Crippen molar-refractivity contribution in [3.8, 4) is 0 Å². The summed E-state index contributed by atoms with van der Waals surface area (Å²) in [5.41, 5.74) is -4.22. The zero-order chi connectivity index (χ0) is 12.8. The second kappa shape index (κ2) is 6.70. The first-order valence-corrected chi connectivity index (χ1v) is 7.61. The van der Waals surface area contributed by atoms with E-state index in [9.17, 15) is 21.6 Å². The lowest BCUT2D eigenvalue weighted by atomic mass is 10.4. The molecule has 0 spiro atoms. The molecule has 0 aromatic rings. The lowest BCUT2D eigenvalue weighted by Gasteiger charge is -2.13. The summed E-state index contributed by atoms with van der Waals surface area (Å²) < 4.78 is 57.6. The molecule has 3 nitrogen and oxygen atoms in total. The largest absolute Gasteiger partial charge is 0.441 e. The molecule has 0 aliphatic carbocycles. The van der Waals surface area contributed by atoms with E-state index in [4.69, 9.17) is 0 Å². The van der Waals surface area contributed by atoms with Gasteiger partial charge in [0.15, 0.2) is 9.84 Å². The summed E-state index contributed by atoms with van der Waals surface area (Å²) in [4.78, 5) is 0. The first-order chi connectivity index (χ1) is 7.16. The number of halogens is 3. The number of hydrogen-bond acceptors (Lipinski definition) is 4. The molecule has 0 aromatic heterocycles. The number of nitrogens with one attached hydrogen (secondary N) is 1. The van der Waals surface area contributed by atoms with Crippen LogP contribution in [-0.4, -0.2) is 43.8 Å². The van der Waals surface area contributed by atoms with Crippen molar-refractivity contribution in [2.24, 2.45) is 0 Å². The predicted molar refractivity (Wildman–Crippen MR) is 60.3 cm³/mol. The van der Waals surface area contributed by atoms with Gasteiger partial charge in [-0.05, 0) is 18.7 Å². The molecule has 0 aliphatic rings. The number of rotatable bonds is 7. The first-order valence-electron chi connectivity index (χ1n) is 4.81. The molecule has 0 rings (SSSR count). The van der Waals surface area contributed by atoms with Gasteiger partial charge in [0.1, 0.15) is 0 Å². The fraction of sp³-hybridized carbons (Fsp3) is 1.00. The molecule has 1 N–H and O–H groups in total. The Balaban J connectivity index is 3.71. The fourth-order valence-corrected chi connectivity index (χ4v) is 2.60. The Kier molecular flexibility index (Phi) is 6.73. The highest BCUT2D eigenvalue weighted by Gasteiger charge is 2.27. The average molecular weight is 279 g/mol. The Hall–Kier alpha value is 0.0500. The van der Waals surface area contributed by atoms with E-state index < -0.39 is 15.3 Å². The van der Waals surface area contributed by atoms with Crippen LogP contribution in [0.5, 0.6) is 0 Å². The van der Waals surface area contributed by atoms with Crippen molar-refractivity contribution in [2.75, 3.05) is 23.8 Å². The van der Waals surface area contributed by atoms with Crippen LogP contribution in [0, 0.1) is 0 Å². The molecule has 0 radical (unpaired) electrons. The highest BCUT2D eigenvalue weighted by Crippen LogP contribution is 2.29. The topological polar surface area (TPSA) is 46.2 Å². The molecule has 0 bridgehead atoms. The standard InChI is InChI=1S/C8H16F3NO2S2/c1-3-16(13,14)6-7(2)12-4-5-15-8(9,10)11/h7,12H,3-6H2,1-2H3. The highest BCUT2D eigenvalue weighted by molar-refractivity contribution is 8.00. The van der Waals surface area contributed by atoms with Crippen LogP contribution in [0.3, 0.4) is 0 Å². The van der Waals surface area contributed by atoms with E-state index in [-0.39, 0.29) is 41.6 Å². The monoisotopic (exact) mass is 279 g/mol. The maximum absolute atomic E-state index is 11.7. The van der Waals surface area contributed by atoms with E-state index in [1.807, 2.05) is 0 Å².